The van der Waals surface area contributed by atoms with Gasteiger partial charge in [0.2, 0.25) is 5.91 Å². The van der Waals surface area contributed by atoms with Crippen molar-refractivity contribution in [3.8, 4) is 5.75 Å². The van der Waals surface area contributed by atoms with E-state index in [2.05, 4.69) is 78.9 Å². The molecule has 2 fully saturated rings. The molecule has 6 rings (SSSR count). The number of aryl methyl sites for hydroxylation is 2. The third-order valence-corrected chi connectivity index (χ3v) is 14.9. The van der Waals surface area contributed by atoms with E-state index in [1.54, 1.807) is 7.11 Å². The van der Waals surface area contributed by atoms with Crippen LogP contribution in [-0.4, -0.2) is 66.6 Å². The molecule has 8 nitrogen and oxygen atoms in total. The number of carbonyl (C=O) groups is 1. The molecule has 0 aliphatic carbocycles. The molecule has 2 aliphatic heterocycles. The van der Waals surface area contributed by atoms with Gasteiger partial charge in [-0.3, -0.25) is 9.48 Å². The maximum Gasteiger partial charge on any atom is 0.227 e. The summed E-state index contributed by atoms with van der Waals surface area (Å²) < 4.78 is 14.4. The van der Waals surface area contributed by atoms with Gasteiger partial charge in [0.15, 0.2) is 0 Å². The van der Waals surface area contributed by atoms with E-state index in [0.29, 0.717) is 24.4 Å². The topological polar surface area (TPSA) is 89.7 Å². The molecule has 248 valence electrons. The number of hydrogen-bond acceptors (Lipinski definition) is 6. The van der Waals surface area contributed by atoms with Crippen LogP contribution in [0.5, 0.6) is 5.75 Å². The fourth-order valence-electron chi connectivity index (χ4n) is 7.92. The molecule has 4 aromatic rings. The van der Waals surface area contributed by atoms with Gasteiger partial charge in [-0.2, -0.15) is 0 Å². The number of nitrogens with zero attached hydrogens (tertiary/aromatic N) is 4. The van der Waals surface area contributed by atoms with E-state index < -0.39 is 8.07 Å². The highest BCUT2D eigenvalue weighted by Crippen LogP contribution is 2.46. The Kier molecular flexibility index (Phi) is 10.2. The Hall–Kier alpha value is -3.79. The predicted molar refractivity (Wildman–Crippen MR) is 188 cm³/mol. The zero-order valence-corrected chi connectivity index (χ0v) is 29.1. The maximum atomic E-state index is 12.4. The molecule has 2 saturated heterocycles. The summed E-state index contributed by atoms with van der Waals surface area (Å²) in [6.45, 7) is 8.81. The van der Waals surface area contributed by atoms with Gasteiger partial charge in [0.25, 0.3) is 0 Å². The summed E-state index contributed by atoms with van der Waals surface area (Å²) in [5.41, 5.74) is 4.48. The van der Waals surface area contributed by atoms with Gasteiger partial charge in [0.05, 0.1) is 45.6 Å². The van der Waals surface area contributed by atoms with Crippen molar-refractivity contribution in [1.29, 1.82) is 0 Å². The lowest BCUT2D eigenvalue weighted by Crippen LogP contribution is -2.50. The summed E-state index contributed by atoms with van der Waals surface area (Å²) in [7, 11) is -0.286. The number of amides is 1. The molecule has 0 bridgehead atoms. The minimum atomic E-state index is -2.00. The van der Waals surface area contributed by atoms with E-state index in [1.165, 1.54) is 10.8 Å². The van der Waals surface area contributed by atoms with Crippen LogP contribution in [-0.2, 0) is 22.5 Å². The third kappa shape index (κ3) is 7.22. The zero-order valence-electron chi connectivity index (χ0n) is 28.1. The van der Waals surface area contributed by atoms with Crippen LogP contribution in [0.3, 0.4) is 0 Å². The second-order valence-electron chi connectivity index (χ2n) is 13.7. The SMILES string of the molecule is COc1ccc([Si](C)(C)[C@@H]2[C@@H](C)[C@@H](CCc3cccc(N4CCCC4=O)c3)O[C@H]2CCn2cc(C(CO)c3ccccc3)nn2)cc1. The van der Waals surface area contributed by atoms with E-state index in [9.17, 15) is 9.90 Å². The quantitative estimate of drug-likeness (QED) is 0.180. The lowest BCUT2D eigenvalue weighted by atomic mass is 9.95. The minimum Gasteiger partial charge on any atom is -0.497 e. The van der Waals surface area contributed by atoms with Gasteiger partial charge in [0, 0.05) is 31.4 Å². The van der Waals surface area contributed by atoms with E-state index in [4.69, 9.17) is 9.47 Å². The number of hydrogen-bond donors (Lipinski definition) is 1. The molecule has 5 atom stereocenters. The van der Waals surface area contributed by atoms with Crippen LogP contribution in [0.2, 0.25) is 18.6 Å². The van der Waals surface area contributed by atoms with Gasteiger partial charge in [-0.25, -0.2) is 0 Å². The van der Waals surface area contributed by atoms with Crippen molar-refractivity contribution < 1.29 is 19.4 Å². The molecule has 1 aromatic heterocycles. The van der Waals surface area contributed by atoms with Crippen LogP contribution in [0.4, 0.5) is 5.69 Å². The van der Waals surface area contributed by atoms with Gasteiger partial charge in [-0.1, -0.05) is 85.0 Å². The molecule has 0 spiro atoms. The van der Waals surface area contributed by atoms with Crippen molar-refractivity contribution in [2.24, 2.45) is 5.92 Å². The highest BCUT2D eigenvalue weighted by atomic mass is 28.3. The van der Waals surface area contributed by atoms with Crippen LogP contribution in [0.25, 0.3) is 0 Å². The number of anilines is 1. The van der Waals surface area contributed by atoms with E-state index >= 15 is 0 Å². The molecular formula is C38H48N4O4Si. The van der Waals surface area contributed by atoms with Gasteiger partial charge in [-0.05, 0) is 72.5 Å². The first kappa shape index (κ1) is 33.1. The normalized spacial score (nSPS) is 22.1. The zero-order chi connectivity index (χ0) is 33.0. The average Bonchev–Trinajstić information content (AvgIpc) is 3.82. The highest BCUT2D eigenvalue weighted by Gasteiger charge is 2.50. The van der Waals surface area contributed by atoms with Gasteiger partial charge in [-0.15, -0.1) is 5.10 Å². The van der Waals surface area contributed by atoms with Gasteiger partial charge >= 0.3 is 0 Å². The minimum absolute atomic E-state index is 0.0192. The lowest BCUT2D eigenvalue weighted by Gasteiger charge is -2.36. The number of methoxy groups -OCH3 is 1. The third-order valence-electron chi connectivity index (χ3n) is 10.5. The fourth-order valence-corrected chi connectivity index (χ4v) is 12.0. The Bertz CT molecular complexity index is 1630. The van der Waals surface area contributed by atoms with E-state index in [0.717, 1.165) is 54.9 Å². The molecule has 47 heavy (non-hydrogen) atoms. The Morgan fingerprint density at radius 3 is 2.51 bits per heavy atom. The first-order valence-electron chi connectivity index (χ1n) is 17.0. The highest BCUT2D eigenvalue weighted by molar-refractivity contribution is 6.91. The van der Waals surface area contributed by atoms with Gasteiger partial charge in [0.1, 0.15) is 5.75 Å². The summed E-state index contributed by atoms with van der Waals surface area (Å²) >= 11 is 0. The molecule has 3 heterocycles. The number of benzene rings is 3. The van der Waals surface area contributed by atoms with Crippen LogP contribution in [0.1, 0.15) is 55.3 Å². The summed E-state index contributed by atoms with van der Waals surface area (Å²) in [6.07, 6.45) is 6.44. The Balaban J connectivity index is 1.19. The molecule has 0 radical (unpaired) electrons. The van der Waals surface area contributed by atoms with Crippen molar-refractivity contribution >= 4 is 24.9 Å². The standard InChI is InChI=1S/C38H48N4O4Si/c1-27-35(20-15-28-10-8-13-30(24-28)42-22-9-14-37(42)44)46-36(38(27)47(3,4)32-18-16-31(45-2)17-19-32)21-23-41-25-34(39-40-41)33(26-43)29-11-6-5-7-12-29/h5-8,10-13,16-19,24-25,27,33,35-36,38,43H,9,14-15,20-23,26H2,1-4H3/t27-,33?,35+,36-,38+/m0/s1. The second kappa shape index (κ2) is 14.5. The maximum absolute atomic E-state index is 12.4. The molecule has 0 saturated carbocycles. The van der Waals surface area contributed by atoms with Crippen LogP contribution >= 0.6 is 0 Å². The molecule has 1 amide bonds. The Morgan fingerprint density at radius 2 is 1.81 bits per heavy atom. The Morgan fingerprint density at radius 1 is 1.02 bits per heavy atom. The molecule has 9 heteroatoms. The van der Waals surface area contributed by atoms with Crippen LogP contribution < -0.4 is 14.8 Å². The monoisotopic (exact) mass is 652 g/mol. The average molecular weight is 653 g/mol. The predicted octanol–water partition coefficient (Wildman–Crippen LogP) is 5.95. The van der Waals surface area contributed by atoms with Crippen molar-refractivity contribution in [3.05, 3.63) is 102 Å². The first-order valence-corrected chi connectivity index (χ1v) is 20.1. The van der Waals surface area contributed by atoms with Gasteiger partial charge < -0.3 is 19.5 Å². The first-order chi connectivity index (χ1) is 22.8. The lowest BCUT2D eigenvalue weighted by molar-refractivity contribution is -0.117. The van der Waals surface area contributed by atoms with Crippen molar-refractivity contribution in [2.75, 3.05) is 25.2 Å². The molecule has 1 N–H and O–H groups in total. The number of ether oxygens (including phenoxy) is 2. The number of rotatable bonds is 13. The molecule has 3 aromatic carbocycles. The van der Waals surface area contributed by atoms with E-state index in [-0.39, 0.29) is 30.6 Å². The van der Waals surface area contributed by atoms with Crippen molar-refractivity contribution in [1.82, 2.24) is 15.0 Å². The molecule has 1 unspecified atom stereocenters. The fraction of sp³-hybridized carbons (Fsp3) is 0.447. The molecular weight excluding hydrogens is 605 g/mol. The number of aliphatic hydroxyl groups excluding tert-OH is 1. The number of aliphatic hydroxyl groups is 1. The van der Waals surface area contributed by atoms with E-state index in [1.807, 2.05) is 46.1 Å². The van der Waals surface area contributed by atoms with Crippen molar-refractivity contribution in [2.45, 2.75) is 82.3 Å². The smallest absolute Gasteiger partial charge is 0.227 e. The summed E-state index contributed by atoms with van der Waals surface area (Å²) in [5, 5.41) is 20.5. The number of carbonyl (C=O) groups excluding carboxylic acids is 1. The Labute approximate surface area is 279 Å². The number of aromatic nitrogens is 3. The summed E-state index contributed by atoms with van der Waals surface area (Å²) in [5.74, 6) is 1.28. The summed E-state index contributed by atoms with van der Waals surface area (Å²) in [6, 6.07) is 27.1. The van der Waals surface area contributed by atoms with Crippen LogP contribution in [0.15, 0.2) is 85.1 Å². The second-order valence-corrected chi connectivity index (χ2v) is 18.4. The molecule has 2 aliphatic rings. The van der Waals surface area contributed by atoms with Crippen LogP contribution in [0, 0.1) is 5.92 Å². The van der Waals surface area contributed by atoms with Crippen molar-refractivity contribution in [3.63, 3.8) is 0 Å². The summed E-state index contributed by atoms with van der Waals surface area (Å²) in [4.78, 5) is 14.3. The largest absolute Gasteiger partial charge is 0.497 e.